The van der Waals surface area contributed by atoms with E-state index in [4.69, 9.17) is 0 Å². The fraction of sp³-hybridized carbons (Fsp3) is 0.200. The van der Waals surface area contributed by atoms with Crippen molar-refractivity contribution in [3.8, 4) is 0 Å². The Hall–Kier alpha value is -2.41. The number of imide groups is 1. The van der Waals surface area contributed by atoms with Crippen LogP contribution in [0.5, 0.6) is 0 Å². The summed E-state index contributed by atoms with van der Waals surface area (Å²) in [5.41, 5.74) is 0.425. The largest absolute Gasteiger partial charge is 0.293 e. The zero-order valence-corrected chi connectivity index (χ0v) is 12.9. The number of hydrogen-bond donors (Lipinski definition) is 0. The maximum atomic E-state index is 12.0. The van der Waals surface area contributed by atoms with Gasteiger partial charge < -0.3 is 0 Å². The van der Waals surface area contributed by atoms with E-state index in [0.29, 0.717) is 10.5 Å². The van der Waals surface area contributed by atoms with Gasteiger partial charge in [-0.1, -0.05) is 18.2 Å². The molecule has 1 aliphatic heterocycles. The monoisotopic (exact) mass is 318 g/mol. The normalized spacial score (nSPS) is 17.2. The lowest BCUT2D eigenvalue weighted by Gasteiger charge is -2.16. The van der Waals surface area contributed by atoms with Crippen LogP contribution in [0.15, 0.2) is 41.3 Å². The average Bonchev–Trinajstić information content (AvgIpc) is 2.74. The van der Waals surface area contributed by atoms with Crippen molar-refractivity contribution in [2.24, 2.45) is 0 Å². The minimum Gasteiger partial charge on any atom is -0.268 e. The standard InChI is InChI=1S/C15H14N2O4S/c1-10(2)16-14(18)13(22-15(16)19)9-5-7-11-6-3-4-8-12(11)17(20)21/h3-10H,1-2H3/b7-5+,13-9+. The van der Waals surface area contributed by atoms with E-state index in [2.05, 4.69) is 0 Å². The van der Waals surface area contributed by atoms with Crippen LogP contribution in [0.2, 0.25) is 0 Å². The first kappa shape index (κ1) is 16.0. The number of thioether (sulfide) groups is 1. The summed E-state index contributed by atoms with van der Waals surface area (Å²) in [5, 5.41) is 10.6. The number of allylic oxidation sites excluding steroid dienone is 2. The van der Waals surface area contributed by atoms with Crippen molar-refractivity contribution >= 4 is 34.7 Å². The second-order valence-electron chi connectivity index (χ2n) is 4.84. The van der Waals surface area contributed by atoms with Crippen LogP contribution in [0.25, 0.3) is 6.08 Å². The molecule has 0 radical (unpaired) electrons. The van der Waals surface area contributed by atoms with Crippen LogP contribution in [0.1, 0.15) is 19.4 Å². The first-order valence-corrected chi connectivity index (χ1v) is 7.40. The van der Waals surface area contributed by atoms with E-state index in [1.54, 1.807) is 44.2 Å². The third kappa shape index (κ3) is 3.25. The van der Waals surface area contributed by atoms with Crippen molar-refractivity contribution in [3.63, 3.8) is 0 Å². The highest BCUT2D eigenvalue weighted by atomic mass is 32.2. The summed E-state index contributed by atoms with van der Waals surface area (Å²) < 4.78 is 0. The van der Waals surface area contributed by atoms with Crippen LogP contribution in [-0.4, -0.2) is 27.0 Å². The van der Waals surface area contributed by atoms with Crippen molar-refractivity contribution in [2.75, 3.05) is 0 Å². The number of carbonyl (C=O) groups is 2. The molecule has 0 N–H and O–H groups in total. The van der Waals surface area contributed by atoms with Gasteiger partial charge in [0.1, 0.15) is 0 Å². The molecule has 0 saturated carbocycles. The van der Waals surface area contributed by atoms with Gasteiger partial charge in [-0.3, -0.25) is 24.6 Å². The number of benzene rings is 1. The number of nitro groups is 1. The van der Waals surface area contributed by atoms with Crippen molar-refractivity contribution in [1.29, 1.82) is 0 Å². The lowest BCUT2D eigenvalue weighted by Crippen LogP contribution is -2.34. The molecule has 1 aromatic rings. The molecule has 0 atom stereocenters. The zero-order valence-electron chi connectivity index (χ0n) is 12.1. The third-order valence-electron chi connectivity index (χ3n) is 3.00. The first-order valence-electron chi connectivity index (χ1n) is 6.59. The number of nitro benzene ring substituents is 1. The van der Waals surface area contributed by atoms with Gasteiger partial charge >= 0.3 is 0 Å². The van der Waals surface area contributed by atoms with Gasteiger partial charge in [0, 0.05) is 12.1 Å². The summed E-state index contributed by atoms with van der Waals surface area (Å²) in [5.74, 6) is -0.336. The highest BCUT2D eigenvalue weighted by Gasteiger charge is 2.36. The molecular weight excluding hydrogens is 304 g/mol. The Kier molecular flexibility index (Phi) is 4.77. The van der Waals surface area contributed by atoms with Crippen LogP contribution in [-0.2, 0) is 4.79 Å². The molecule has 0 unspecified atom stereocenters. The molecule has 114 valence electrons. The van der Waals surface area contributed by atoms with Crippen molar-refractivity contribution in [2.45, 2.75) is 19.9 Å². The molecule has 7 heteroatoms. The molecule has 0 aliphatic carbocycles. The van der Waals surface area contributed by atoms with E-state index in [1.807, 2.05) is 0 Å². The van der Waals surface area contributed by atoms with Gasteiger partial charge in [0.25, 0.3) is 16.8 Å². The summed E-state index contributed by atoms with van der Waals surface area (Å²) in [4.78, 5) is 35.7. The van der Waals surface area contributed by atoms with E-state index in [-0.39, 0.29) is 22.9 Å². The predicted molar refractivity (Wildman–Crippen MR) is 85.2 cm³/mol. The predicted octanol–water partition coefficient (Wildman–Crippen LogP) is 3.60. The molecule has 0 aromatic heterocycles. The number of hydrogen-bond acceptors (Lipinski definition) is 5. The highest BCUT2D eigenvalue weighted by Crippen LogP contribution is 2.32. The zero-order chi connectivity index (χ0) is 16.3. The summed E-state index contributed by atoms with van der Waals surface area (Å²) in [6.45, 7) is 3.53. The molecular formula is C15H14N2O4S. The Bertz CT molecular complexity index is 695. The van der Waals surface area contributed by atoms with Gasteiger partial charge in [0.2, 0.25) is 0 Å². The quantitative estimate of drug-likeness (QED) is 0.481. The van der Waals surface area contributed by atoms with E-state index in [9.17, 15) is 19.7 Å². The minimum absolute atomic E-state index is 0.0116. The molecule has 0 bridgehead atoms. The molecule has 1 fully saturated rings. The Morgan fingerprint density at radius 2 is 1.95 bits per heavy atom. The van der Waals surface area contributed by atoms with E-state index >= 15 is 0 Å². The minimum atomic E-state index is -0.466. The van der Waals surface area contributed by atoms with Crippen LogP contribution < -0.4 is 0 Å². The topological polar surface area (TPSA) is 80.5 Å². The molecule has 0 spiro atoms. The average molecular weight is 318 g/mol. The summed E-state index contributed by atoms with van der Waals surface area (Å²) in [6, 6.07) is 6.11. The van der Waals surface area contributed by atoms with Gasteiger partial charge in [-0.05, 0) is 43.8 Å². The molecule has 2 amide bonds. The van der Waals surface area contributed by atoms with Crippen LogP contribution in [0.3, 0.4) is 0 Å². The number of carbonyl (C=O) groups excluding carboxylic acids is 2. The van der Waals surface area contributed by atoms with Gasteiger partial charge in [-0.25, -0.2) is 0 Å². The SMILES string of the molecule is CC(C)N1C(=O)S/C(=C/C=C/c2ccccc2[N+](=O)[O-])C1=O. The number of amides is 2. The molecule has 22 heavy (non-hydrogen) atoms. The van der Waals surface area contributed by atoms with Crippen molar-refractivity contribution in [3.05, 3.63) is 57.0 Å². The van der Waals surface area contributed by atoms with Crippen LogP contribution in [0, 0.1) is 10.1 Å². The Labute approximate surface area is 131 Å². The molecule has 1 aliphatic rings. The van der Waals surface area contributed by atoms with Crippen molar-refractivity contribution in [1.82, 2.24) is 4.90 Å². The molecule has 1 heterocycles. The smallest absolute Gasteiger partial charge is 0.268 e. The van der Waals surface area contributed by atoms with Gasteiger partial charge in [0.05, 0.1) is 15.4 Å². The second-order valence-corrected chi connectivity index (χ2v) is 5.84. The Morgan fingerprint density at radius 1 is 1.27 bits per heavy atom. The Balaban J connectivity index is 2.21. The summed E-state index contributed by atoms with van der Waals surface area (Å²) in [7, 11) is 0. The number of para-hydroxylation sites is 1. The Morgan fingerprint density at radius 3 is 2.55 bits per heavy atom. The lowest BCUT2D eigenvalue weighted by atomic mass is 10.1. The third-order valence-corrected chi connectivity index (χ3v) is 3.90. The first-order chi connectivity index (χ1) is 10.4. The van der Waals surface area contributed by atoms with Gasteiger partial charge in [0.15, 0.2) is 0 Å². The maximum absolute atomic E-state index is 12.0. The summed E-state index contributed by atoms with van der Waals surface area (Å²) >= 11 is 0.869. The molecule has 1 saturated heterocycles. The lowest BCUT2D eigenvalue weighted by molar-refractivity contribution is -0.385. The number of nitrogens with zero attached hydrogens (tertiary/aromatic N) is 2. The highest BCUT2D eigenvalue weighted by molar-refractivity contribution is 8.18. The van der Waals surface area contributed by atoms with Crippen molar-refractivity contribution < 1.29 is 14.5 Å². The van der Waals surface area contributed by atoms with Crippen LogP contribution in [0.4, 0.5) is 10.5 Å². The fourth-order valence-corrected chi connectivity index (χ4v) is 2.89. The molecule has 2 rings (SSSR count). The molecule has 6 nitrogen and oxygen atoms in total. The van der Waals surface area contributed by atoms with Gasteiger partial charge in [-0.2, -0.15) is 0 Å². The second kappa shape index (κ2) is 6.57. The van der Waals surface area contributed by atoms with Gasteiger partial charge in [-0.15, -0.1) is 0 Å². The van der Waals surface area contributed by atoms with Crippen LogP contribution >= 0.6 is 11.8 Å². The molecule has 1 aromatic carbocycles. The summed E-state index contributed by atoms with van der Waals surface area (Å²) in [6.07, 6.45) is 4.59. The maximum Gasteiger partial charge on any atom is 0.293 e. The number of rotatable bonds is 4. The van der Waals surface area contributed by atoms with E-state index < -0.39 is 4.92 Å². The van der Waals surface area contributed by atoms with E-state index in [0.717, 1.165) is 11.8 Å². The van der Waals surface area contributed by atoms with E-state index in [1.165, 1.54) is 17.0 Å². The fourth-order valence-electron chi connectivity index (χ4n) is 1.97.